The molecule has 0 bridgehead atoms. The van der Waals surface area contributed by atoms with Gasteiger partial charge in [-0.3, -0.25) is 4.79 Å². The number of aryl methyl sites for hydroxylation is 1. The Hall–Kier alpha value is -1.51. The van der Waals surface area contributed by atoms with Crippen molar-refractivity contribution < 1.29 is 4.79 Å². The molecular formula is C10H14N2O. The second kappa shape index (κ2) is 3.94. The van der Waals surface area contributed by atoms with Gasteiger partial charge < -0.3 is 9.47 Å². The topological polar surface area (TPSA) is 25.2 Å². The van der Waals surface area contributed by atoms with Crippen LogP contribution in [-0.4, -0.2) is 29.5 Å². The zero-order chi connectivity index (χ0) is 9.84. The van der Waals surface area contributed by atoms with E-state index in [1.54, 1.807) is 25.1 Å². The molecule has 1 aromatic rings. The first-order valence-electron chi connectivity index (χ1n) is 4.12. The first-order chi connectivity index (χ1) is 6.11. The van der Waals surface area contributed by atoms with Crippen LogP contribution in [0.5, 0.6) is 0 Å². The van der Waals surface area contributed by atoms with Crippen LogP contribution in [-0.2, 0) is 11.8 Å². The van der Waals surface area contributed by atoms with Gasteiger partial charge in [0.25, 0.3) is 0 Å². The maximum atomic E-state index is 11.2. The molecule has 0 atom stereocenters. The van der Waals surface area contributed by atoms with Gasteiger partial charge in [0.15, 0.2) is 0 Å². The van der Waals surface area contributed by atoms with E-state index in [9.17, 15) is 4.79 Å². The summed E-state index contributed by atoms with van der Waals surface area (Å²) in [5.74, 6) is 0.00111. The minimum absolute atomic E-state index is 0.00111. The number of likely N-dealkylation sites (N-methyl/N-ethyl adjacent to an activating group) is 1. The summed E-state index contributed by atoms with van der Waals surface area (Å²) in [5.41, 5.74) is 1.02. The molecule has 3 heteroatoms. The van der Waals surface area contributed by atoms with Crippen molar-refractivity contribution in [1.82, 2.24) is 9.47 Å². The highest BCUT2D eigenvalue weighted by Crippen LogP contribution is 2.01. The van der Waals surface area contributed by atoms with Gasteiger partial charge in [-0.05, 0) is 18.2 Å². The Bertz CT molecular complexity index is 323. The number of hydrogen-bond acceptors (Lipinski definition) is 1. The third kappa shape index (κ3) is 2.47. The molecule has 1 amide bonds. The second-order valence-electron chi connectivity index (χ2n) is 3.11. The summed E-state index contributed by atoms with van der Waals surface area (Å²) in [5, 5.41) is 0. The summed E-state index contributed by atoms with van der Waals surface area (Å²) < 4.78 is 1.96. The SMILES string of the molecule is CN(C)C(=O)/C=C/c1cccn1C. The molecule has 0 N–H and O–H groups in total. The Morgan fingerprint density at radius 1 is 1.54 bits per heavy atom. The number of hydrogen-bond donors (Lipinski definition) is 0. The van der Waals surface area contributed by atoms with Gasteiger partial charge in [0, 0.05) is 39.1 Å². The first kappa shape index (κ1) is 9.58. The molecule has 0 unspecified atom stereocenters. The van der Waals surface area contributed by atoms with E-state index in [2.05, 4.69) is 0 Å². The van der Waals surface area contributed by atoms with Crippen molar-refractivity contribution in [3.63, 3.8) is 0 Å². The average molecular weight is 178 g/mol. The van der Waals surface area contributed by atoms with Gasteiger partial charge in [-0.15, -0.1) is 0 Å². The van der Waals surface area contributed by atoms with Gasteiger partial charge in [-0.2, -0.15) is 0 Å². The molecule has 3 nitrogen and oxygen atoms in total. The summed E-state index contributed by atoms with van der Waals surface area (Å²) in [6, 6.07) is 3.90. The highest BCUT2D eigenvalue weighted by Gasteiger charge is 1.97. The van der Waals surface area contributed by atoms with Crippen LogP contribution >= 0.6 is 0 Å². The van der Waals surface area contributed by atoms with Gasteiger partial charge in [0.05, 0.1) is 0 Å². The van der Waals surface area contributed by atoms with Crippen LogP contribution < -0.4 is 0 Å². The zero-order valence-electron chi connectivity index (χ0n) is 8.19. The monoisotopic (exact) mass is 178 g/mol. The van der Waals surface area contributed by atoms with E-state index in [0.29, 0.717) is 0 Å². The van der Waals surface area contributed by atoms with Crippen LogP contribution in [0.15, 0.2) is 24.4 Å². The highest BCUT2D eigenvalue weighted by atomic mass is 16.2. The van der Waals surface area contributed by atoms with Crippen molar-refractivity contribution in [3.8, 4) is 0 Å². The molecule has 1 rings (SSSR count). The quantitative estimate of drug-likeness (QED) is 0.623. The fraction of sp³-hybridized carbons (Fsp3) is 0.300. The molecule has 0 spiro atoms. The number of rotatable bonds is 2. The molecule has 1 aromatic heterocycles. The predicted molar refractivity (Wildman–Crippen MR) is 53.1 cm³/mol. The molecule has 0 aromatic carbocycles. The van der Waals surface area contributed by atoms with Crippen LogP contribution in [0.4, 0.5) is 0 Å². The van der Waals surface area contributed by atoms with Gasteiger partial charge >= 0.3 is 0 Å². The summed E-state index contributed by atoms with van der Waals surface area (Å²) in [6.45, 7) is 0. The lowest BCUT2D eigenvalue weighted by Gasteiger charge is -2.05. The molecule has 0 saturated carbocycles. The summed E-state index contributed by atoms with van der Waals surface area (Å²) >= 11 is 0. The molecule has 70 valence electrons. The van der Waals surface area contributed by atoms with E-state index in [-0.39, 0.29) is 5.91 Å². The van der Waals surface area contributed by atoms with Crippen molar-refractivity contribution in [2.24, 2.45) is 7.05 Å². The van der Waals surface area contributed by atoms with Crippen LogP contribution in [0.25, 0.3) is 6.08 Å². The third-order valence-electron chi connectivity index (χ3n) is 1.82. The number of carbonyl (C=O) groups excluding carboxylic acids is 1. The lowest BCUT2D eigenvalue weighted by Crippen LogP contribution is -2.18. The maximum absolute atomic E-state index is 11.2. The van der Waals surface area contributed by atoms with Crippen molar-refractivity contribution in [2.45, 2.75) is 0 Å². The highest BCUT2D eigenvalue weighted by molar-refractivity contribution is 5.91. The summed E-state index contributed by atoms with van der Waals surface area (Å²) in [4.78, 5) is 12.7. The molecule has 0 aliphatic carbocycles. The fourth-order valence-corrected chi connectivity index (χ4v) is 0.953. The van der Waals surface area contributed by atoms with Crippen molar-refractivity contribution >= 4 is 12.0 Å². The second-order valence-corrected chi connectivity index (χ2v) is 3.11. The normalized spacial score (nSPS) is 10.7. The number of nitrogens with zero attached hydrogens (tertiary/aromatic N) is 2. The van der Waals surface area contributed by atoms with E-state index in [4.69, 9.17) is 0 Å². The fourth-order valence-electron chi connectivity index (χ4n) is 0.953. The van der Waals surface area contributed by atoms with Crippen LogP contribution in [0.2, 0.25) is 0 Å². The Labute approximate surface area is 78.3 Å². The van der Waals surface area contributed by atoms with E-state index >= 15 is 0 Å². The number of amides is 1. The summed E-state index contributed by atoms with van der Waals surface area (Å²) in [6.07, 6.45) is 5.32. The van der Waals surface area contributed by atoms with Gasteiger partial charge in [-0.25, -0.2) is 0 Å². The summed E-state index contributed by atoms with van der Waals surface area (Å²) in [7, 11) is 5.41. The predicted octanol–water partition coefficient (Wildman–Crippen LogP) is 1.13. The Morgan fingerprint density at radius 3 is 2.69 bits per heavy atom. The smallest absolute Gasteiger partial charge is 0.246 e. The van der Waals surface area contributed by atoms with Crippen molar-refractivity contribution in [3.05, 3.63) is 30.1 Å². The molecule has 13 heavy (non-hydrogen) atoms. The molecule has 1 heterocycles. The maximum Gasteiger partial charge on any atom is 0.246 e. The third-order valence-corrected chi connectivity index (χ3v) is 1.82. The Morgan fingerprint density at radius 2 is 2.23 bits per heavy atom. The lowest BCUT2D eigenvalue weighted by molar-refractivity contribution is -0.123. The molecule has 0 saturated heterocycles. The minimum atomic E-state index is 0.00111. The van der Waals surface area contributed by atoms with Gasteiger partial charge in [0.2, 0.25) is 5.91 Å². The van der Waals surface area contributed by atoms with E-state index in [1.165, 1.54) is 0 Å². The standard InChI is InChI=1S/C10H14N2O/c1-11(2)10(13)7-6-9-5-4-8-12(9)3/h4-8H,1-3H3/b7-6+. The van der Waals surface area contributed by atoms with Crippen LogP contribution in [0.1, 0.15) is 5.69 Å². The molecule has 0 fully saturated rings. The first-order valence-corrected chi connectivity index (χ1v) is 4.12. The van der Waals surface area contributed by atoms with Crippen molar-refractivity contribution in [2.75, 3.05) is 14.1 Å². The number of aromatic nitrogens is 1. The van der Waals surface area contributed by atoms with Gasteiger partial charge in [0.1, 0.15) is 0 Å². The molecule has 0 radical (unpaired) electrons. The van der Waals surface area contributed by atoms with E-state index < -0.39 is 0 Å². The van der Waals surface area contributed by atoms with Gasteiger partial charge in [-0.1, -0.05) is 0 Å². The molecular weight excluding hydrogens is 164 g/mol. The Kier molecular flexibility index (Phi) is 2.90. The van der Waals surface area contributed by atoms with Crippen LogP contribution in [0.3, 0.4) is 0 Å². The zero-order valence-corrected chi connectivity index (χ0v) is 8.19. The lowest BCUT2D eigenvalue weighted by atomic mass is 10.3. The molecule has 0 aliphatic rings. The largest absolute Gasteiger partial charge is 0.351 e. The average Bonchev–Trinajstić information content (AvgIpc) is 2.47. The van der Waals surface area contributed by atoms with E-state index in [0.717, 1.165) is 5.69 Å². The van der Waals surface area contributed by atoms with E-state index in [1.807, 2.05) is 36.0 Å². The molecule has 0 aliphatic heterocycles. The van der Waals surface area contributed by atoms with Crippen molar-refractivity contribution in [1.29, 1.82) is 0 Å². The minimum Gasteiger partial charge on any atom is -0.351 e. The number of carbonyl (C=O) groups is 1. The van der Waals surface area contributed by atoms with Crippen LogP contribution in [0, 0.1) is 0 Å². The Balaban J connectivity index is 2.69.